The summed E-state index contributed by atoms with van der Waals surface area (Å²) in [4.78, 5) is 34.1. The second-order valence-electron chi connectivity index (χ2n) is 7.25. The van der Waals surface area contributed by atoms with Gasteiger partial charge in [-0.3, -0.25) is 9.59 Å². The minimum atomic E-state index is -0.851. The fraction of sp³-hybridized carbons (Fsp3) is 0.381. The second kappa shape index (κ2) is 9.26. The number of fused-ring (bicyclic) bond motifs is 1. The van der Waals surface area contributed by atoms with Crippen LogP contribution in [0.2, 0.25) is 0 Å². The molecule has 2 heterocycles. The Labute approximate surface area is 181 Å². The van der Waals surface area contributed by atoms with Gasteiger partial charge in [0.2, 0.25) is 5.91 Å². The average molecular weight is 452 g/mol. The molecule has 3 aromatic rings. The van der Waals surface area contributed by atoms with Crippen molar-refractivity contribution in [1.29, 1.82) is 0 Å². The number of benzene rings is 1. The van der Waals surface area contributed by atoms with Gasteiger partial charge in [0.15, 0.2) is 5.16 Å². The first kappa shape index (κ1) is 22.4. The maximum absolute atomic E-state index is 13.8. The highest BCUT2D eigenvalue weighted by Gasteiger charge is 2.21. The number of aryl methyl sites for hydroxylation is 1. The Hall–Kier alpha value is -2.26. The number of halogens is 2. The molecule has 30 heavy (non-hydrogen) atoms. The third-order valence-corrected chi connectivity index (χ3v) is 6.98. The molecule has 1 amide bonds. The summed E-state index contributed by atoms with van der Waals surface area (Å²) in [6, 6.07) is 3.36. The molecule has 0 saturated carbocycles. The van der Waals surface area contributed by atoms with E-state index in [1.54, 1.807) is 6.92 Å². The number of rotatable bonds is 7. The number of anilines is 1. The first-order valence-corrected chi connectivity index (χ1v) is 11.3. The molecule has 0 fully saturated rings. The van der Waals surface area contributed by atoms with Crippen molar-refractivity contribution in [1.82, 2.24) is 9.97 Å². The van der Waals surface area contributed by atoms with E-state index < -0.39 is 28.5 Å². The number of thiophene rings is 1. The molecular formula is C21H23F2N3O2S2. The Balaban J connectivity index is 1.82. The minimum Gasteiger partial charge on any atom is -0.320 e. The first-order chi connectivity index (χ1) is 14.2. The molecule has 3 rings (SSSR count). The van der Waals surface area contributed by atoms with Gasteiger partial charge in [-0.2, -0.15) is 0 Å². The standard InChI is InChI=1S/C21H23F2N3O2S2/c1-5-10(2)9-13-11(3)29-20-16(13)19(28)25-21(26-20)30-12(4)18(27)24-17-14(22)7-6-8-15(17)23/h6-8,10,12H,5,9H2,1-4H3,(H,24,27)(H,25,26,28). The number of H-pyrrole nitrogens is 1. The van der Waals surface area contributed by atoms with Crippen molar-refractivity contribution < 1.29 is 13.6 Å². The summed E-state index contributed by atoms with van der Waals surface area (Å²) in [6.07, 6.45) is 1.83. The number of nitrogens with one attached hydrogen (secondary N) is 2. The molecular weight excluding hydrogens is 428 g/mol. The molecule has 2 unspecified atom stereocenters. The summed E-state index contributed by atoms with van der Waals surface area (Å²) < 4.78 is 27.5. The lowest BCUT2D eigenvalue weighted by molar-refractivity contribution is -0.115. The zero-order chi connectivity index (χ0) is 22.0. The second-order valence-corrected chi connectivity index (χ2v) is 9.78. The van der Waals surface area contributed by atoms with Crippen molar-refractivity contribution in [3.8, 4) is 0 Å². The molecule has 2 aromatic heterocycles. The Bertz CT molecular complexity index is 1120. The zero-order valence-electron chi connectivity index (χ0n) is 17.1. The van der Waals surface area contributed by atoms with E-state index >= 15 is 0 Å². The van der Waals surface area contributed by atoms with Gasteiger partial charge in [-0.05, 0) is 43.9 Å². The summed E-state index contributed by atoms with van der Waals surface area (Å²) in [7, 11) is 0. The van der Waals surface area contributed by atoms with Crippen LogP contribution >= 0.6 is 23.1 Å². The molecule has 0 aliphatic heterocycles. The Kier molecular flexibility index (Phi) is 6.92. The van der Waals surface area contributed by atoms with Crippen LogP contribution < -0.4 is 10.9 Å². The van der Waals surface area contributed by atoms with Crippen molar-refractivity contribution in [3.63, 3.8) is 0 Å². The van der Waals surface area contributed by atoms with E-state index in [4.69, 9.17) is 0 Å². The first-order valence-electron chi connectivity index (χ1n) is 9.65. The van der Waals surface area contributed by atoms with E-state index in [1.165, 1.54) is 17.4 Å². The van der Waals surface area contributed by atoms with E-state index in [2.05, 4.69) is 29.1 Å². The van der Waals surface area contributed by atoms with Crippen molar-refractivity contribution in [2.75, 3.05) is 5.32 Å². The average Bonchev–Trinajstić information content (AvgIpc) is 2.99. The van der Waals surface area contributed by atoms with Crippen LogP contribution in [0.25, 0.3) is 10.2 Å². The fourth-order valence-electron chi connectivity index (χ4n) is 3.01. The number of hydrogen-bond acceptors (Lipinski definition) is 5. The molecule has 0 aliphatic carbocycles. The summed E-state index contributed by atoms with van der Waals surface area (Å²) in [5.41, 5.74) is 0.295. The predicted molar refractivity (Wildman–Crippen MR) is 118 cm³/mol. The number of aromatic amines is 1. The normalized spacial score (nSPS) is 13.4. The van der Waals surface area contributed by atoms with Gasteiger partial charge in [0.1, 0.15) is 22.2 Å². The number of carbonyl (C=O) groups is 1. The fourth-order valence-corrected chi connectivity index (χ4v) is 4.92. The number of amides is 1. The summed E-state index contributed by atoms with van der Waals surface area (Å²) in [6.45, 7) is 7.82. The molecule has 5 nitrogen and oxygen atoms in total. The van der Waals surface area contributed by atoms with Crippen LogP contribution in [0.15, 0.2) is 28.2 Å². The van der Waals surface area contributed by atoms with Crippen LogP contribution in [-0.2, 0) is 11.2 Å². The summed E-state index contributed by atoms with van der Waals surface area (Å²) >= 11 is 2.49. The molecule has 0 saturated heterocycles. The van der Waals surface area contributed by atoms with Crippen molar-refractivity contribution in [2.24, 2.45) is 5.92 Å². The summed E-state index contributed by atoms with van der Waals surface area (Å²) in [5.74, 6) is -1.84. The highest BCUT2D eigenvalue weighted by molar-refractivity contribution is 8.00. The van der Waals surface area contributed by atoms with Crippen molar-refractivity contribution >= 4 is 44.9 Å². The zero-order valence-corrected chi connectivity index (χ0v) is 18.8. The van der Waals surface area contributed by atoms with Crippen LogP contribution in [0.1, 0.15) is 37.6 Å². The van der Waals surface area contributed by atoms with Gasteiger partial charge >= 0.3 is 0 Å². The van der Waals surface area contributed by atoms with E-state index in [9.17, 15) is 18.4 Å². The monoisotopic (exact) mass is 451 g/mol. The SMILES string of the molecule is CCC(C)Cc1c(C)sc2nc(SC(C)C(=O)Nc3c(F)cccc3F)[nH]c(=O)c12. The summed E-state index contributed by atoms with van der Waals surface area (Å²) in [5, 5.41) is 2.43. The van der Waals surface area contributed by atoms with E-state index in [-0.39, 0.29) is 5.56 Å². The number of thioether (sulfide) groups is 1. The largest absolute Gasteiger partial charge is 0.320 e. The lowest BCUT2D eigenvalue weighted by Gasteiger charge is -2.12. The lowest BCUT2D eigenvalue weighted by atomic mass is 9.98. The van der Waals surface area contributed by atoms with Gasteiger partial charge in [-0.1, -0.05) is 38.1 Å². The molecule has 2 atom stereocenters. The van der Waals surface area contributed by atoms with Gasteiger partial charge in [0, 0.05) is 4.88 Å². The molecule has 0 bridgehead atoms. The Morgan fingerprint density at radius 1 is 1.30 bits per heavy atom. The number of aromatic nitrogens is 2. The van der Waals surface area contributed by atoms with Crippen LogP contribution in [0.5, 0.6) is 0 Å². The van der Waals surface area contributed by atoms with Gasteiger partial charge < -0.3 is 10.3 Å². The molecule has 2 N–H and O–H groups in total. The van der Waals surface area contributed by atoms with Crippen molar-refractivity contribution in [3.05, 3.63) is 50.6 Å². The van der Waals surface area contributed by atoms with Crippen LogP contribution in [0, 0.1) is 24.5 Å². The van der Waals surface area contributed by atoms with Gasteiger partial charge in [-0.25, -0.2) is 13.8 Å². The predicted octanol–water partition coefficient (Wildman–Crippen LogP) is 5.28. The highest BCUT2D eigenvalue weighted by atomic mass is 32.2. The Morgan fingerprint density at radius 2 is 1.97 bits per heavy atom. The Morgan fingerprint density at radius 3 is 2.60 bits per heavy atom. The molecule has 160 valence electrons. The van der Waals surface area contributed by atoms with Gasteiger partial charge in [0.25, 0.3) is 5.56 Å². The number of para-hydroxylation sites is 1. The molecule has 1 aromatic carbocycles. The lowest BCUT2D eigenvalue weighted by Crippen LogP contribution is -2.24. The topological polar surface area (TPSA) is 74.8 Å². The van der Waals surface area contributed by atoms with E-state index in [0.29, 0.717) is 21.3 Å². The number of nitrogens with zero attached hydrogens (tertiary/aromatic N) is 1. The highest BCUT2D eigenvalue weighted by Crippen LogP contribution is 2.31. The number of carbonyl (C=O) groups excluding carboxylic acids is 1. The van der Waals surface area contributed by atoms with Crippen LogP contribution in [0.4, 0.5) is 14.5 Å². The third-order valence-electron chi connectivity index (χ3n) is 4.96. The molecule has 0 aliphatic rings. The quantitative estimate of drug-likeness (QED) is 0.379. The third kappa shape index (κ3) is 4.73. The van der Waals surface area contributed by atoms with E-state index in [0.717, 1.165) is 47.2 Å². The van der Waals surface area contributed by atoms with Gasteiger partial charge in [-0.15, -0.1) is 11.3 Å². The molecule has 0 spiro atoms. The van der Waals surface area contributed by atoms with Crippen LogP contribution in [0.3, 0.4) is 0 Å². The molecule has 0 radical (unpaired) electrons. The van der Waals surface area contributed by atoms with Gasteiger partial charge in [0.05, 0.1) is 10.6 Å². The van der Waals surface area contributed by atoms with Crippen LogP contribution in [-0.4, -0.2) is 21.1 Å². The van der Waals surface area contributed by atoms with E-state index in [1.807, 2.05) is 6.92 Å². The smallest absolute Gasteiger partial charge is 0.260 e. The molecule has 9 heteroatoms. The van der Waals surface area contributed by atoms with Crippen molar-refractivity contribution in [2.45, 2.75) is 50.9 Å². The maximum Gasteiger partial charge on any atom is 0.260 e. The maximum atomic E-state index is 13.8. The minimum absolute atomic E-state index is 0.238. The number of hydrogen-bond donors (Lipinski definition) is 2.